The van der Waals surface area contributed by atoms with Crippen molar-refractivity contribution in [2.75, 3.05) is 12.9 Å². The highest BCUT2D eigenvalue weighted by atomic mass is 32.2. The van der Waals surface area contributed by atoms with E-state index in [1.807, 2.05) is 28.7 Å². The Morgan fingerprint density at radius 2 is 2.12 bits per heavy atom. The Balaban J connectivity index is 1.77. The molecule has 1 unspecified atom stereocenters. The van der Waals surface area contributed by atoms with Crippen LogP contribution in [0.3, 0.4) is 0 Å². The smallest absolute Gasteiger partial charge is 0.140 e. The molecule has 0 bridgehead atoms. The Morgan fingerprint density at radius 3 is 2.88 bits per heavy atom. The van der Waals surface area contributed by atoms with Crippen molar-refractivity contribution in [3.05, 3.63) is 59.3 Å². The summed E-state index contributed by atoms with van der Waals surface area (Å²) < 4.78 is 33.3. The number of nitrogens with zero attached hydrogens (tertiary/aromatic N) is 2. The third-order valence-electron chi connectivity index (χ3n) is 4.25. The molecule has 124 valence electrons. The van der Waals surface area contributed by atoms with Gasteiger partial charge in [-0.3, -0.25) is 0 Å². The lowest BCUT2D eigenvalue weighted by atomic mass is 10.1. The Labute approximate surface area is 142 Å². The number of aromatic nitrogens is 2. The summed E-state index contributed by atoms with van der Waals surface area (Å²) in [6.45, 7) is 1.16. The van der Waals surface area contributed by atoms with Gasteiger partial charge in [-0.25, -0.2) is 9.37 Å². The van der Waals surface area contributed by atoms with Gasteiger partial charge in [-0.15, -0.1) is 0 Å². The molecular weight excluding hydrogens is 327 g/mol. The molecule has 4 nitrogen and oxygen atoms in total. The van der Waals surface area contributed by atoms with Crippen molar-refractivity contribution in [3.63, 3.8) is 0 Å². The summed E-state index contributed by atoms with van der Waals surface area (Å²) in [6, 6.07) is 9.00. The zero-order valence-corrected chi connectivity index (χ0v) is 14.1. The second-order valence-corrected chi connectivity index (χ2v) is 7.42. The van der Waals surface area contributed by atoms with Gasteiger partial charge in [0.2, 0.25) is 0 Å². The monoisotopic (exact) mass is 344 g/mol. The van der Waals surface area contributed by atoms with E-state index in [4.69, 9.17) is 4.74 Å². The average molecular weight is 344 g/mol. The highest BCUT2D eigenvalue weighted by Gasteiger charge is 2.18. The van der Waals surface area contributed by atoms with Crippen LogP contribution in [0.4, 0.5) is 4.39 Å². The Hall–Kier alpha value is -1.89. The second kappa shape index (κ2) is 6.20. The maximum atomic E-state index is 14.5. The molecule has 0 N–H and O–H groups in total. The van der Waals surface area contributed by atoms with Crippen molar-refractivity contribution in [3.8, 4) is 11.1 Å². The van der Waals surface area contributed by atoms with Crippen molar-refractivity contribution in [1.29, 1.82) is 0 Å². The topological polar surface area (TPSA) is 49.6 Å². The van der Waals surface area contributed by atoms with Crippen LogP contribution in [0.15, 0.2) is 36.5 Å². The molecule has 0 aliphatic carbocycles. The molecule has 6 heteroatoms. The van der Waals surface area contributed by atoms with E-state index >= 15 is 0 Å². The van der Waals surface area contributed by atoms with Crippen molar-refractivity contribution in [1.82, 2.24) is 9.38 Å². The van der Waals surface area contributed by atoms with E-state index in [0.717, 1.165) is 28.9 Å². The molecule has 0 fully saturated rings. The predicted octanol–water partition coefficient (Wildman–Crippen LogP) is 3.09. The summed E-state index contributed by atoms with van der Waals surface area (Å²) in [6.07, 6.45) is 4.22. The number of ether oxygens (including phenoxy) is 1. The van der Waals surface area contributed by atoms with Crippen LogP contribution < -0.4 is 0 Å². The van der Waals surface area contributed by atoms with Gasteiger partial charge in [-0.05, 0) is 5.56 Å². The van der Waals surface area contributed by atoms with E-state index in [9.17, 15) is 8.94 Å². The molecule has 0 amide bonds. The third kappa shape index (κ3) is 2.81. The molecule has 1 aliphatic rings. The van der Waals surface area contributed by atoms with Crippen LogP contribution in [0.25, 0.3) is 16.8 Å². The molecule has 24 heavy (non-hydrogen) atoms. The molecule has 0 saturated carbocycles. The van der Waals surface area contributed by atoms with Crippen LogP contribution >= 0.6 is 0 Å². The lowest BCUT2D eigenvalue weighted by molar-refractivity contribution is 0.106. The lowest BCUT2D eigenvalue weighted by Crippen LogP contribution is -2.10. The number of pyridine rings is 1. The molecule has 3 heterocycles. The van der Waals surface area contributed by atoms with Gasteiger partial charge in [0, 0.05) is 29.8 Å². The molecular formula is C18H17FN2O2S. The zero-order valence-electron chi connectivity index (χ0n) is 13.3. The molecule has 3 aromatic rings. The summed E-state index contributed by atoms with van der Waals surface area (Å²) in [5.41, 5.74) is 4.89. The van der Waals surface area contributed by atoms with Crippen molar-refractivity contribution in [2.24, 2.45) is 0 Å². The summed E-state index contributed by atoms with van der Waals surface area (Å²) in [5, 5.41) is 0. The van der Waals surface area contributed by atoms with E-state index in [1.165, 1.54) is 6.07 Å². The molecule has 2 aromatic heterocycles. The van der Waals surface area contributed by atoms with Crippen molar-refractivity contribution in [2.45, 2.75) is 18.8 Å². The Bertz CT molecular complexity index is 890. The van der Waals surface area contributed by atoms with E-state index in [0.29, 0.717) is 30.2 Å². The number of imidazole rings is 1. The van der Waals surface area contributed by atoms with Gasteiger partial charge in [0.05, 0.1) is 30.9 Å². The van der Waals surface area contributed by atoms with Crippen molar-refractivity contribution < 1.29 is 13.7 Å². The van der Waals surface area contributed by atoms with Gasteiger partial charge in [-0.2, -0.15) is 0 Å². The van der Waals surface area contributed by atoms with Gasteiger partial charge in [0.1, 0.15) is 17.2 Å². The molecule has 4 rings (SSSR count). The number of halogens is 1. The normalized spacial score (nSPS) is 15.5. The number of hydrogen-bond acceptors (Lipinski definition) is 3. The number of rotatable bonds is 3. The minimum Gasteiger partial charge on any atom is -0.616 e. The number of hydrogen-bond donors (Lipinski definition) is 0. The first-order chi connectivity index (χ1) is 11.6. The zero-order chi connectivity index (χ0) is 16.7. The first-order valence-electron chi connectivity index (χ1n) is 7.78. The van der Waals surface area contributed by atoms with E-state index in [2.05, 4.69) is 4.98 Å². The fraction of sp³-hybridized carbons (Fsp3) is 0.278. The first-order valence-corrected chi connectivity index (χ1v) is 9.51. The second-order valence-electron chi connectivity index (χ2n) is 5.99. The maximum absolute atomic E-state index is 14.5. The summed E-state index contributed by atoms with van der Waals surface area (Å²) >= 11 is -0.887. The molecule has 0 saturated heterocycles. The Kier molecular flexibility index (Phi) is 4.04. The first kappa shape index (κ1) is 15.6. The minimum atomic E-state index is -0.887. The van der Waals surface area contributed by atoms with Crippen LogP contribution in [0.2, 0.25) is 0 Å². The predicted molar refractivity (Wildman–Crippen MR) is 91.7 cm³/mol. The maximum Gasteiger partial charge on any atom is 0.140 e. The van der Waals surface area contributed by atoms with Crippen LogP contribution in [-0.4, -0.2) is 26.8 Å². The van der Waals surface area contributed by atoms with E-state index in [1.54, 1.807) is 12.5 Å². The van der Waals surface area contributed by atoms with Gasteiger partial charge in [-0.1, -0.05) is 35.4 Å². The standard InChI is InChI=1S/C18H17FN2O2S/c1-24(22)11-12-2-4-13(5-3-12)14-9-21-17-10-23-7-6-16(17)20-18(21)8-15(14)19/h2-5,8-9H,6-7,10-11H2,1H3. The number of benzene rings is 1. The van der Waals surface area contributed by atoms with E-state index in [-0.39, 0.29) is 5.82 Å². The van der Waals surface area contributed by atoms with Crippen molar-refractivity contribution >= 4 is 16.8 Å². The number of fused-ring (bicyclic) bond motifs is 3. The highest BCUT2D eigenvalue weighted by Crippen LogP contribution is 2.27. The summed E-state index contributed by atoms with van der Waals surface area (Å²) in [7, 11) is 0. The molecule has 0 radical (unpaired) electrons. The largest absolute Gasteiger partial charge is 0.616 e. The minimum absolute atomic E-state index is 0.294. The molecule has 1 atom stereocenters. The van der Waals surface area contributed by atoms with Gasteiger partial charge in [0.15, 0.2) is 0 Å². The highest BCUT2D eigenvalue weighted by molar-refractivity contribution is 7.89. The fourth-order valence-corrected chi connectivity index (χ4v) is 3.74. The SMILES string of the molecule is C[S+]([O-])Cc1ccc(-c2cn3c4c(nc3cc2F)CCOC4)cc1. The van der Waals surface area contributed by atoms with Crippen LogP contribution in [0, 0.1) is 5.82 Å². The summed E-state index contributed by atoms with van der Waals surface area (Å²) in [4.78, 5) is 4.50. The molecule has 0 spiro atoms. The summed E-state index contributed by atoms with van der Waals surface area (Å²) in [5.74, 6) is 0.214. The Morgan fingerprint density at radius 1 is 1.33 bits per heavy atom. The van der Waals surface area contributed by atoms with Crippen LogP contribution in [0.1, 0.15) is 17.0 Å². The molecule has 1 aromatic carbocycles. The lowest BCUT2D eigenvalue weighted by Gasteiger charge is -2.12. The van der Waals surface area contributed by atoms with Gasteiger partial charge in [0.25, 0.3) is 0 Å². The van der Waals surface area contributed by atoms with Crippen LogP contribution in [-0.2, 0) is 34.7 Å². The van der Waals surface area contributed by atoms with Gasteiger partial charge < -0.3 is 13.7 Å². The third-order valence-corrected chi connectivity index (χ3v) is 4.99. The van der Waals surface area contributed by atoms with E-state index < -0.39 is 11.2 Å². The quantitative estimate of drug-likeness (QED) is 0.686. The molecule has 1 aliphatic heterocycles. The fourth-order valence-electron chi connectivity index (χ4n) is 3.08. The van der Waals surface area contributed by atoms with Crippen LogP contribution in [0.5, 0.6) is 0 Å². The average Bonchev–Trinajstić information content (AvgIpc) is 2.91. The van der Waals surface area contributed by atoms with Gasteiger partial charge >= 0.3 is 0 Å².